The molecule has 3 aromatic rings. The van der Waals surface area contributed by atoms with Crippen LogP contribution in [0.15, 0.2) is 61.1 Å². The third-order valence-electron chi connectivity index (χ3n) is 3.27. The summed E-state index contributed by atoms with van der Waals surface area (Å²) in [7, 11) is 0. The first-order valence-electron chi connectivity index (χ1n) is 7.36. The second-order valence-electron chi connectivity index (χ2n) is 5.09. The molecule has 116 valence electrons. The standard InChI is InChI=1S/C20H14N2O2/c1-15-12-17(8-11-22-15)3-2-16-4-6-19(7-5-16)24-20-9-10-21-13-18(20)14-23/h4-14H,1H3. The Morgan fingerprint density at radius 3 is 2.54 bits per heavy atom. The van der Waals surface area contributed by atoms with E-state index in [1.807, 2.05) is 43.3 Å². The highest BCUT2D eigenvalue weighted by atomic mass is 16.5. The molecular weight excluding hydrogens is 300 g/mol. The van der Waals surface area contributed by atoms with E-state index in [1.165, 1.54) is 6.20 Å². The van der Waals surface area contributed by atoms with Gasteiger partial charge >= 0.3 is 0 Å². The predicted octanol–water partition coefficient (Wildman–Crippen LogP) is 3.79. The van der Waals surface area contributed by atoms with Crippen LogP contribution in [-0.2, 0) is 0 Å². The summed E-state index contributed by atoms with van der Waals surface area (Å²) in [6, 6.07) is 12.9. The minimum atomic E-state index is 0.412. The van der Waals surface area contributed by atoms with Crippen molar-refractivity contribution in [3.63, 3.8) is 0 Å². The lowest BCUT2D eigenvalue weighted by molar-refractivity contribution is 0.112. The molecule has 0 saturated carbocycles. The largest absolute Gasteiger partial charge is 0.457 e. The maximum absolute atomic E-state index is 11.0. The molecule has 3 rings (SSSR count). The molecule has 0 saturated heterocycles. The van der Waals surface area contributed by atoms with Crippen molar-refractivity contribution in [2.45, 2.75) is 6.92 Å². The molecule has 0 radical (unpaired) electrons. The average Bonchev–Trinajstić information content (AvgIpc) is 2.62. The van der Waals surface area contributed by atoms with Gasteiger partial charge in [-0.15, -0.1) is 0 Å². The number of aryl methyl sites for hydroxylation is 1. The van der Waals surface area contributed by atoms with E-state index in [9.17, 15) is 4.79 Å². The van der Waals surface area contributed by atoms with Crippen LogP contribution in [0, 0.1) is 18.8 Å². The fraction of sp³-hybridized carbons (Fsp3) is 0.0500. The van der Waals surface area contributed by atoms with E-state index in [1.54, 1.807) is 18.5 Å². The number of rotatable bonds is 3. The normalized spacial score (nSPS) is 9.71. The van der Waals surface area contributed by atoms with Gasteiger partial charge in [0.25, 0.3) is 0 Å². The summed E-state index contributed by atoms with van der Waals surface area (Å²) >= 11 is 0. The summed E-state index contributed by atoms with van der Waals surface area (Å²) in [6.07, 6.45) is 5.52. The molecule has 24 heavy (non-hydrogen) atoms. The molecule has 0 aliphatic heterocycles. The van der Waals surface area contributed by atoms with Crippen molar-refractivity contribution in [2.24, 2.45) is 0 Å². The summed E-state index contributed by atoms with van der Waals surface area (Å²) < 4.78 is 5.71. The van der Waals surface area contributed by atoms with Gasteiger partial charge in [-0.05, 0) is 49.4 Å². The van der Waals surface area contributed by atoms with Crippen LogP contribution < -0.4 is 4.74 Å². The van der Waals surface area contributed by atoms with Gasteiger partial charge in [-0.1, -0.05) is 11.8 Å². The zero-order chi connectivity index (χ0) is 16.8. The number of carbonyl (C=O) groups is 1. The Morgan fingerprint density at radius 2 is 1.79 bits per heavy atom. The molecule has 2 aromatic heterocycles. The van der Waals surface area contributed by atoms with Gasteiger partial charge in [0.1, 0.15) is 11.5 Å². The number of benzene rings is 1. The Labute approximate surface area is 140 Å². The van der Waals surface area contributed by atoms with E-state index >= 15 is 0 Å². The van der Waals surface area contributed by atoms with Crippen molar-refractivity contribution in [2.75, 3.05) is 0 Å². The topological polar surface area (TPSA) is 52.1 Å². The van der Waals surface area contributed by atoms with E-state index in [0.717, 1.165) is 23.1 Å². The van der Waals surface area contributed by atoms with Crippen molar-refractivity contribution in [1.29, 1.82) is 0 Å². The van der Waals surface area contributed by atoms with Gasteiger partial charge < -0.3 is 4.74 Å². The lowest BCUT2D eigenvalue weighted by Gasteiger charge is -2.07. The van der Waals surface area contributed by atoms with Crippen LogP contribution in [0.2, 0.25) is 0 Å². The van der Waals surface area contributed by atoms with Gasteiger partial charge in [-0.3, -0.25) is 14.8 Å². The van der Waals surface area contributed by atoms with Gasteiger partial charge in [0, 0.05) is 35.4 Å². The van der Waals surface area contributed by atoms with Crippen molar-refractivity contribution in [3.05, 3.63) is 83.4 Å². The highest BCUT2D eigenvalue weighted by molar-refractivity contribution is 5.78. The number of pyridine rings is 2. The molecular formula is C20H14N2O2. The van der Waals surface area contributed by atoms with Gasteiger partial charge in [0.2, 0.25) is 0 Å². The van der Waals surface area contributed by atoms with Gasteiger partial charge in [0.05, 0.1) is 5.56 Å². The Morgan fingerprint density at radius 1 is 1.00 bits per heavy atom. The first-order valence-corrected chi connectivity index (χ1v) is 7.36. The predicted molar refractivity (Wildman–Crippen MR) is 91.1 cm³/mol. The van der Waals surface area contributed by atoms with Crippen LogP contribution in [-0.4, -0.2) is 16.3 Å². The fourth-order valence-electron chi connectivity index (χ4n) is 2.08. The number of carbonyl (C=O) groups excluding carboxylic acids is 1. The molecule has 2 heterocycles. The van der Waals surface area contributed by atoms with Gasteiger partial charge in [-0.25, -0.2) is 0 Å². The van der Waals surface area contributed by atoms with Gasteiger partial charge in [0.15, 0.2) is 6.29 Å². The number of hydrogen-bond donors (Lipinski definition) is 0. The summed E-state index contributed by atoms with van der Waals surface area (Å²) in [5.74, 6) is 7.32. The lowest BCUT2D eigenvalue weighted by atomic mass is 10.2. The zero-order valence-corrected chi connectivity index (χ0v) is 13.1. The van der Waals surface area contributed by atoms with Crippen LogP contribution in [0.1, 0.15) is 27.2 Å². The average molecular weight is 314 g/mol. The quantitative estimate of drug-likeness (QED) is 0.545. The molecule has 0 aliphatic carbocycles. The molecule has 0 unspecified atom stereocenters. The van der Waals surface area contributed by atoms with Crippen LogP contribution in [0.3, 0.4) is 0 Å². The van der Waals surface area contributed by atoms with E-state index in [-0.39, 0.29) is 0 Å². The Hall–Kier alpha value is -3.45. The summed E-state index contributed by atoms with van der Waals surface area (Å²) in [5.41, 5.74) is 3.15. The van der Waals surface area contributed by atoms with Crippen LogP contribution >= 0.6 is 0 Å². The van der Waals surface area contributed by atoms with E-state index in [4.69, 9.17) is 4.74 Å². The Bertz CT molecular complexity index is 922. The Balaban J connectivity index is 1.75. The molecule has 4 heteroatoms. The van der Waals surface area contributed by atoms with Crippen molar-refractivity contribution < 1.29 is 9.53 Å². The first-order chi connectivity index (χ1) is 11.7. The molecule has 1 aromatic carbocycles. The van der Waals surface area contributed by atoms with Crippen molar-refractivity contribution in [3.8, 4) is 23.3 Å². The number of aldehydes is 1. The lowest BCUT2D eigenvalue weighted by Crippen LogP contribution is -1.91. The first kappa shape index (κ1) is 15.4. The number of hydrogen-bond acceptors (Lipinski definition) is 4. The molecule has 4 nitrogen and oxygen atoms in total. The number of ether oxygens (including phenoxy) is 1. The Kier molecular flexibility index (Phi) is 4.64. The smallest absolute Gasteiger partial charge is 0.155 e. The molecule has 0 atom stereocenters. The highest BCUT2D eigenvalue weighted by Gasteiger charge is 2.03. The highest BCUT2D eigenvalue weighted by Crippen LogP contribution is 2.23. The minimum Gasteiger partial charge on any atom is -0.457 e. The van der Waals surface area contributed by atoms with Crippen LogP contribution in [0.4, 0.5) is 0 Å². The molecule has 0 amide bonds. The molecule has 0 bridgehead atoms. The van der Waals surface area contributed by atoms with E-state index in [0.29, 0.717) is 17.1 Å². The SMILES string of the molecule is Cc1cc(C#Cc2ccc(Oc3ccncc3C=O)cc2)ccn1. The maximum Gasteiger partial charge on any atom is 0.155 e. The second kappa shape index (κ2) is 7.21. The van der Waals surface area contributed by atoms with Crippen molar-refractivity contribution in [1.82, 2.24) is 9.97 Å². The zero-order valence-electron chi connectivity index (χ0n) is 13.1. The third kappa shape index (κ3) is 3.84. The summed E-state index contributed by atoms with van der Waals surface area (Å²) in [5, 5.41) is 0. The maximum atomic E-state index is 11.0. The molecule has 0 N–H and O–H groups in total. The van der Waals surface area contributed by atoms with E-state index in [2.05, 4.69) is 21.8 Å². The minimum absolute atomic E-state index is 0.412. The summed E-state index contributed by atoms with van der Waals surface area (Å²) in [6.45, 7) is 1.93. The number of nitrogens with zero attached hydrogens (tertiary/aromatic N) is 2. The second-order valence-corrected chi connectivity index (χ2v) is 5.09. The van der Waals surface area contributed by atoms with Crippen molar-refractivity contribution >= 4 is 6.29 Å². The molecule has 0 spiro atoms. The summed E-state index contributed by atoms with van der Waals surface area (Å²) in [4.78, 5) is 19.0. The van der Waals surface area contributed by atoms with Crippen LogP contribution in [0.25, 0.3) is 0 Å². The monoisotopic (exact) mass is 314 g/mol. The number of aromatic nitrogens is 2. The fourth-order valence-corrected chi connectivity index (χ4v) is 2.08. The van der Waals surface area contributed by atoms with Crippen LogP contribution in [0.5, 0.6) is 11.5 Å². The van der Waals surface area contributed by atoms with Gasteiger partial charge in [-0.2, -0.15) is 0 Å². The molecule has 0 fully saturated rings. The molecule has 0 aliphatic rings. The van der Waals surface area contributed by atoms with E-state index < -0.39 is 0 Å². The third-order valence-corrected chi connectivity index (χ3v) is 3.27.